The SMILES string of the molecule is Cc1ccc(OCCOCCOCCN)c(C)c1. The molecule has 1 aromatic rings. The minimum absolute atomic E-state index is 0.551. The summed E-state index contributed by atoms with van der Waals surface area (Å²) in [5, 5.41) is 0. The van der Waals surface area contributed by atoms with Crippen LogP contribution >= 0.6 is 0 Å². The largest absolute Gasteiger partial charge is 0.491 e. The number of nitrogens with two attached hydrogens (primary N) is 1. The van der Waals surface area contributed by atoms with Crippen molar-refractivity contribution in [2.75, 3.05) is 39.6 Å². The van der Waals surface area contributed by atoms with E-state index in [1.807, 2.05) is 19.1 Å². The van der Waals surface area contributed by atoms with Crippen LogP contribution in [0.5, 0.6) is 5.75 Å². The molecule has 4 nitrogen and oxygen atoms in total. The lowest BCUT2D eigenvalue weighted by atomic mass is 10.1. The molecule has 0 aromatic heterocycles. The number of hydrogen-bond donors (Lipinski definition) is 1. The molecule has 0 atom stereocenters. The molecule has 0 spiro atoms. The third kappa shape index (κ3) is 6.00. The monoisotopic (exact) mass is 253 g/mol. The zero-order valence-electron chi connectivity index (χ0n) is 11.3. The van der Waals surface area contributed by atoms with Crippen LogP contribution in [-0.4, -0.2) is 39.6 Å². The average molecular weight is 253 g/mol. The van der Waals surface area contributed by atoms with Crippen LogP contribution in [0.25, 0.3) is 0 Å². The summed E-state index contributed by atoms with van der Waals surface area (Å²) < 4.78 is 16.2. The standard InChI is InChI=1S/C14H23NO3/c1-12-3-4-14(13(2)11-12)18-10-9-17-8-7-16-6-5-15/h3-4,11H,5-10,15H2,1-2H3. The van der Waals surface area contributed by atoms with Crippen LogP contribution in [0, 0.1) is 13.8 Å². The molecular weight excluding hydrogens is 230 g/mol. The molecule has 2 N–H and O–H groups in total. The molecule has 0 aliphatic carbocycles. The number of hydrogen-bond acceptors (Lipinski definition) is 4. The van der Waals surface area contributed by atoms with Gasteiger partial charge in [-0.1, -0.05) is 17.7 Å². The Bertz CT molecular complexity index is 342. The van der Waals surface area contributed by atoms with Gasteiger partial charge in [0.2, 0.25) is 0 Å². The van der Waals surface area contributed by atoms with Gasteiger partial charge in [0.25, 0.3) is 0 Å². The summed E-state index contributed by atoms with van der Waals surface area (Å²) in [5.74, 6) is 0.920. The Kier molecular flexibility index (Phi) is 7.41. The highest BCUT2D eigenvalue weighted by Gasteiger charge is 1.99. The fraction of sp³-hybridized carbons (Fsp3) is 0.571. The summed E-state index contributed by atoms with van der Waals surface area (Å²) in [6.07, 6.45) is 0. The second kappa shape index (κ2) is 8.91. The van der Waals surface area contributed by atoms with Crippen molar-refractivity contribution < 1.29 is 14.2 Å². The molecule has 0 radical (unpaired) electrons. The molecule has 0 aliphatic heterocycles. The van der Waals surface area contributed by atoms with Crippen LogP contribution in [0.2, 0.25) is 0 Å². The van der Waals surface area contributed by atoms with Gasteiger partial charge >= 0.3 is 0 Å². The van der Waals surface area contributed by atoms with Crippen LogP contribution in [0.4, 0.5) is 0 Å². The fourth-order valence-electron chi connectivity index (χ4n) is 1.58. The van der Waals surface area contributed by atoms with Gasteiger partial charge in [-0.05, 0) is 25.5 Å². The molecule has 1 aromatic carbocycles. The Labute approximate surface area is 109 Å². The van der Waals surface area contributed by atoms with Crippen molar-refractivity contribution in [3.63, 3.8) is 0 Å². The van der Waals surface area contributed by atoms with Gasteiger partial charge in [-0.3, -0.25) is 0 Å². The van der Waals surface area contributed by atoms with Gasteiger partial charge in [0.15, 0.2) is 0 Å². The summed E-state index contributed by atoms with van der Waals surface area (Å²) in [4.78, 5) is 0. The molecule has 0 bridgehead atoms. The summed E-state index contributed by atoms with van der Waals surface area (Å²) in [7, 11) is 0. The normalized spacial score (nSPS) is 10.6. The summed E-state index contributed by atoms with van der Waals surface area (Å²) in [6.45, 7) is 7.54. The van der Waals surface area contributed by atoms with Crippen LogP contribution in [0.15, 0.2) is 18.2 Å². The van der Waals surface area contributed by atoms with Crippen LogP contribution in [0.1, 0.15) is 11.1 Å². The van der Waals surface area contributed by atoms with E-state index in [2.05, 4.69) is 13.0 Å². The lowest BCUT2D eigenvalue weighted by Crippen LogP contribution is -2.14. The number of ether oxygens (including phenoxy) is 3. The Hall–Kier alpha value is -1.10. The molecule has 0 unspecified atom stereocenters. The predicted molar refractivity (Wildman–Crippen MR) is 72.1 cm³/mol. The Morgan fingerprint density at radius 1 is 0.944 bits per heavy atom. The van der Waals surface area contributed by atoms with Gasteiger partial charge in [0.1, 0.15) is 12.4 Å². The van der Waals surface area contributed by atoms with Gasteiger partial charge in [-0.15, -0.1) is 0 Å². The van der Waals surface area contributed by atoms with Crippen molar-refractivity contribution in [1.29, 1.82) is 0 Å². The van der Waals surface area contributed by atoms with Crippen molar-refractivity contribution in [2.24, 2.45) is 5.73 Å². The summed E-state index contributed by atoms with van der Waals surface area (Å²) >= 11 is 0. The summed E-state index contributed by atoms with van der Waals surface area (Å²) in [6, 6.07) is 6.15. The predicted octanol–water partition coefficient (Wildman–Crippen LogP) is 1.67. The van der Waals surface area contributed by atoms with E-state index in [1.165, 1.54) is 5.56 Å². The highest BCUT2D eigenvalue weighted by Crippen LogP contribution is 2.18. The maximum absolute atomic E-state index is 5.63. The molecule has 0 saturated carbocycles. The maximum atomic E-state index is 5.63. The number of rotatable bonds is 9. The molecule has 0 fully saturated rings. The molecule has 4 heteroatoms. The fourth-order valence-corrected chi connectivity index (χ4v) is 1.58. The van der Waals surface area contributed by atoms with E-state index in [4.69, 9.17) is 19.9 Å². The van der Waals surface area contributed by atoms with E-state index >= 15 is 0 Å². The van der Waals surface area contributed by atoms with E-state index < -0.39 is 0 Å². The van der Waals surface area contributed by atoms with Gasteiger partial charge < -0.3 is 19.9 Å². The first-order valence-electron chi connectivity index (χ1n) is 6.29. The highest BCUT2D eigenvalue weighted by molar-refractivity contribution is 5.35. The van der Waals surface area contributed by atoms with Crippen LogP contribution in [0.3, 0.4) is 0 Å². The first-order chi connectivity index (χ1) is 8.74. The van der Waals surface area contributed by atoms with Gasteiger partial charge in [-0.2, -0.15) is 0 Å². The third-order valence-electron chi connectivity index (χ3n) is 2.45. The first-order valence-corrected chi connectivity index (χ1v) is 6.29. The average Bonchev–Trinajstić information content (AvgIpc) is 2.35. The number of benzene rings is 1. The highest BCUT2D eigenvalue weighted by atomic mass is 16.5. The van der Waals surface area contributed by atoms with Gasteiger partial charge in [-0.25, -0.2) is 0 Å². The molecule has 102 valence electrons. The van der Waals surface area contributed by atoms with Gasteiger partial charge in [0.05, 0.1) is 26.4 Å². The second-order valence-electron chi connectivity index (χ2n) is 4.13. The minimum atomic E-state index is 0.551. The number of aryl methyl sites for hydroxylation is 2. The van der Waals surface area contributed by atoms with Crippen LogP contribution < -0.4 is 10.5 Å². The maximum Gasteiger partial charge on any atom is 0.122 e. The lowest BCUT2D eigenvalue weighted by Gasteiger charge is -2.10. The molecule has 1 rings (SSSR count). The topological polar surface area (TPSA) is 53.7 Å². The van der Waals surface area contributed by atoms with Crippen molar-refractivity contribution in [2.45, 2.75) is 13.8 Å². The van der Waals surface area contributed by atoms with Crippen molar-refractivity contribution in [3.8, 4) is 5.75 Å². The van der Waals surface area contributed by atoms with Gasteiger partial charge in [0, 0.05) is 6.54 Å². The Balaban J connectivity index is 2.07. The minimum Gasteiger partial charge on any atom is -0.491 e. The molecule has 0 heterocycles. The zero-order chi connectivity index (χ0) is 13.2. The van der Waals surface area contributed by atoms with E-state index in [0.29, 0.717) is 39.6 Å². The quantitative estimate of drug-likeness (QED) is 0.680. The zero-order valence-corrected chi connectivity index (χ0v) is 11.3. The van der Waals surface area contributed by atoms with E-state index in [1.54, 1.807) is 0 Å². The van der Waals surface area contributed by atoms with Crippen molar-refractivity contribution >= 4 is 0 Å². The smallest absolute Gasteiger partial charge is 0.122 e. The lowest BCUT2D eigenvalue weighted by molar-refractivity contribution is 0.0387. The molecule has 0 amide bonds. The van der Waals surface area contributed by atoms with Crippen molar-refractivity contribution in [3.05, 3.63) is 29.3 Å². The summed E-state index contributed by atoms with van der Waals surface area (Å²) in [5.41, 5.74) is 7.69. The first kappa shape index (κ1) is 15.0. The second-order valence-corrected chi connectivity index (χ2v) is 4.13. The van der Waals surface area contributed by atoms with Crippen LogP contribution in [-0.2, 0) is 9.47 Å². The Morgan fingerprint density at radius 2 is 1.61 bits per heavy atom. The molecular formula is C14H23NO3. The molecule has 0 aliphatic rings. The van der Waals surface area contributed by atoms with Crippen molar-refractivity contribution in [1.82, 2.24) is 0 Å². The third-order valence-corrected chi connectivity index (χ3v) is 2.45. The van der Waals surface area contributed by atoms with E-state index in [0.717, 1.165) is 11.3 Å². The Morgan fingerprint density at radius 3 is 2.28 bits per heavy atom. The van der Waals surface area contributed by atoms with E-state index in [9.17, 15) is 0 Å². The van der Waals surface area contributed by atoms with E-state index in [-0.39, 0.29) is 0 Å². The molecule has 0 saturated heterocycles. The molecule has 18 heavy (non-hydrogen) atoms.